The summed E-state index contributed by atoms with van der Waals surface area (Å²) >= 11 is 0. The molecule has 170 valence electrons. The molecule has 0 bridgehead atoms. The Kier molecular flexibility index (Phi) is 5.43. The molecule has 4 aliphatic carbocycles. The highest BCUT2D eigenvalue weighted by atomic mass is 16.3. The second kappa shape index (κ2) is 7.59. The molecular formula is C27H45NO2. The second-order valence-electron chi connectivity index (χ2n) is 12.6. The van der Waals surface area contributed by atoms with Crippen LogP contribution in [0.15, 0.2) is 11.6 Å². The fraction of sp³-hybridized carbons (Fsp3) is 0.926. The SMILES string of the molecule is C[C@H]1CC[C@@H]([C@@H](C)[C@H]2[C@H](O)C[C@H]3[C@@H]4CCC5=C[C@@H](O)CC[C@]5(C)[C@H]4CC[C@]23C)NC1. The lowest BCUT2D eigenvalue weighted by atomic mass is 9.46. The van der Waals surface area contributed by atoms with Crippen molar-refractivity contribution in [2.75, 3.05) is 6.54 Å². The van der Waals surface area contributed by atoms with E-state index in [9.17, 15) is 10.2 Å². The van der Waals surface area contributed by atoms with Crippen LogP contribution in [0.1, 0.15) is 85.5 Å². The van der Waals surface area contributed by atoms with Crippen LogP contribution in [-0.4, -0.2) is 35.0 Å². The summed E-state index contributed by atoms with van der Waals surface area (Å²) in [6, 6.07) is 0.576. The minimum Gasteiger partial charge on any atom is -0.393 e. The third-order valence-electron chi connectivity index (χ3n) is 11.1. The van der Waals surface area contributed by atoms with E-state index in [0.29, 0.717) is 29.2 Å². The van der Waals surface area contributed by atoms with Gasteiger partial charge in [0.05, 0.1) is 12.2 Å². The molecule has 0 amide bonds. The predicted molar refractivity (Wildman–Crippen MR) is 122 cm³/mol. The molecule has 30 heavy (non-hydrogen) atoms. The van der Waals surface area contributed by atoms with Crippen molar-refractivity contribution in [1.29, 1.82) is 0 Å². The van der Waals surface area contributed by atoms with E-state index in [1.54, 1.807) is 5.57 Å². The maximum Gasteiger partial charge on any atom is 0.0724 e. The lowest BCUT2D eigenvalue weighted by Crippen LogP contribution is -2.53. The topological polar surface area (TPSA) is 52.5 Å². The second-order valence-corrected chi connectivity index (χ2v) is 12.6. The highest BCUT2D eigenvalue weighted by Gasteiger charge is 2.62. The fourth-order valence-electron chi connectivity index (χ4n) is 9.43. The molecule has 3 heteroatoms. The van der Waals surface area contributed by atoms with E-state index in [1.807, 2.05) is 0 Å². The number of piperidine rings is 1. The van der Waals surface area contributed by atoms with Crippen molar-refractivity contribution >= 4 is 0 Å². The summed E-state index contributed by atoms with van der Waals surface area (Å²) in [4.78, 5) is 0. The van der Waals surface area contributed by atoms with Crippen LogP contribution in [0.5, 0.6) is 0 Å². The number of rotatable bonds is 2. The maximum atomic E-state index is 11.4. The van der Waals surface area contributed by atoms with Gasteiger partial charge in [-0.2, -0.15) is 0 Å². The molecule has 3 saturated carbocycles. The lowest BCUT2D eigenvalue weighted by Gasteiger charge is -2.59. The van der Waals surface area contributed by atoms with Crippen LogP contribution in [0.4, 0.5) is 0 Å². The molecule has 5 rings (SSSR count). The summed E-state index contributed by atoms with van der Waals surface area (Å²) in [5.41, 5.74) is 2.13. The van der Waals surface area contributed by atoms with Crippen molar-refractivity contribution in [3.05, 3.63) is 11.6 Å². The third kappa shape index (κ3) is 3.17. The molecule has 1 saturated heterocycles. The van der Waals surface area contributed by atoms with Crippen LogP contribution >= 0.6 is 0 Å². The van der Waals surface area contributed by atoms with Gasteiger partial charge in [-0.3, -0.25) is 0 Å². The zero-order valence-corrected chi connectivity index (χ0v) is 19.7. The largest absolute Gasteiger partial charge is 0.393 e. The van der Waals surface area contributed by atoms with Crippen molar-refractivity contribution in [2.45, 2.75) is 104 Å². The van der Waals surface area contributed by atoms with Gasteiger partial charge in [-0.05, 0) is 111 Å². The Labute approximate surface area is 184 Å². The first kappa shape index (κ1) is 21.5. The smallest absolute Gasteiger partial charge is 0.0724 e. The van der Waals surface area contributed by atoms with Crippen LogP contribution in [0.25, 0.3) is 0 Å². The van der Waals surface area contributed by atoms with E-state index in [0.717, 1.165) is 43.6 Å². The minimum absolute atomic E-state index is 0.132. The Morgan fingerprint density at radius 2 is 1.83 bits per heavy atom. The average molecular weight is 416 g/mol. The number of aliphatic hydroxyl groups is 2. The maximum absolute atomic E-state index is 11.4. The number of nitrogens with one attached hydrogen (secondary N) is 1. The van der Waals surface area contributed by atoms with Crippen LogP contribution in [-0.2, 0) is 0 Å². The lowest BCUT2D eigenvalue weighted by molar-refractivity contribution is -0.0702. The standard InChI is InChI=1S/C27H45NO2/c1-16-5-8-23(28-15-16)17(2)25-24(30)14-22-20-7-6-18-13-19(29)9-11-26(18,3)21(20)10-12-27(22,25)4/h13,16-17,19-25,28-30H,5-12,14-15H2,1-4H3/t16-,17+,19-,20+,21-,22-,23-,24+,25-,26-,27-/m0/s1. The van der Waals surface area contributed by atoms with Crippen LogP contribution < -0.4 is 5.32 Å². The van der Waals surface area contributed by atoms with Crippen LogP contribution in [0.2, 0.25) is 0 Å². The minimum atomic E-state index is -0.220. The van der Waals surface area contributed by atoms with Crippen molar-refractivity contribution in [1.82, 2.24) is 5.32 Å². The summed E-state index contributed by atoms with van der Waals surface area (Å²) in [7, 11) is 0. The zero-order chi connectivity index (χ0) is 21.3. The van der Waals surface area contributed by atoms with Crippen LogP contribution in [0, 0.1) is 46.3 Å². The number of allylic oxidation sites excluding steroid dienone is 1. The molecule has 11 atom stereocenters. The molecule has 5 aliphatic rings. The van der Waals surface area contributed by atoms with Gasteiger partial charge in [0.15, 0.2) is 0 Å². The van der Waals surface area contributed by atoms with Gasteiger partial charge >= 0.3 is 0 Å². The molecular weight excluding hydrogens is 370 g/mol. The Balaban J connectivity index is 1.39. The summed E-state index contributed by atoms with van der Waals surface area (Å²) in [5.74, 6) is 3.96. The predicted octanol–water partition coefficient (Wildman–Crippen LogP) is 4.92. The monoisotopic (exact) mass is 415 g/mol. The van der Waals surface area contributed by atoms with Crippen molar-refractivity contribution in [3.8, 4) is 0 Å². The number of aliphatic hydroxyl groups excluding tert-OH is 2. The molecule has 0 spiro atoms. The number of hydrogen-bond donors (Lipinski definition) is 3. The van der Waals surface area contributed by atoms with E-state index in [4.69, 9.17) is 0 Å². The van der Waals surface area contributed by atoms with Gasteiger partial charge < -0.3 is 15.5 Å². The fourth-order valence-corrected chi connectivity index (χ4v) is 9.43. The summed E-state index contributed by atoms with van der Waals surface area (Å²) in [6.45, 7) is 11.0. The highest BCUT2D eigenvalue weighted by Crippen LogP contribution is 2.67. The third-order valence-corrected chi connectivity index (χ3v) is 11.1. The van der Waals surface area contributed by atoms with E-state index >= 15 is 0 Å². The Hall–Kier alpha value is -0.380. The quantitative estimate of drug-likeness (QED) is 0.561. The van der Waals surface area contributed by atoms with Gasteiger partial charge in [0.2, 0.25) is 0 Å². The number of hydrogen-bond acceptors (Lipinski definition) is 3. The molecule has 3 N–H and O–H groups in total. The van der Waals surface area contributed by atoms with Crippen molar-refractivity contribution < 1.29 is 10.2 Å². The zero-order valence-electron chi connectivity index (χ0n) is 19.7. The van der Waals surface area contributed by atoms with E-state index in [1.165, 1.54) is 38.5 Å². The van der Waals surface area contributed by atoms with Gasteiger partial charge in [-0.15, -0.1) is 0 Å². The first-order chi connectivity index (χ1) is 14.2. The molecule has 4 fully saturated rings. The molecule has 1 heterocycles. The van der Waals surface area contributed by atoms with Crippen molar-refractivity contribution in [2.24, 2.45) is 46.3 Å². The Bertz CT molecular complexity index is 682. The molecule has 0 aromatic carbocycles. The van der Waals surface area contributed by atoms with E-state index in [-0.39, 0.29) is 17.6 Å². The van der Waals surface area contributed by atoms with Gasteiger partial charge in [-0.25, -0.2) is 0 Å². The Morgan fingerprint density at radius 3 is 2.57 bits per heavy atom. The average Bonchev–Trinajstić information content (AvgIpc) is 2.98. The molecule has 0 unspecified atom stereocenters. The van der Waals surface area contributed by atoms with Crippen molar-refractivity contribution in [3.63, 3.8) is 0 Å². The van der Waals surface area contributed by atoms with Gasteiger partial charge in [0.25, 0.3) is 0 Å². The molecule has 3 nitrogen and oxygen atoms in total. The van der Waals surface area contributed by atoms with E-state index < -0.39 is 0 Å². The van der Waals surface area contributed by atoms with Crippen LogP contribution in [0.3, 0.4) is 0 Å². The summed E-state index contributed by atoms with van der Waals surface area (Å²) in [6.07, 6.45) is 12.6. The molecule has 0 radical (unpaired) electrons. The van der Waals surface area contributed by atoms with E-state index in [2.05, 4.69) is 39.1 Å². The summed E-state index contributed by atoms with van der Waals surface area (Å²) < 4.78 is 0. The highest BCUT2D eigenvalue weighted by molar-refractivity contribution is 5.25. The summed E-state index contributed by atoms with van der Waals surface area (Å²) in [5, 5.41) is 25.4. The first-order valence-corrected chi connectivity index (χ1v) is 13.0. The number of fused-ring (bicyclic) bond motifs is 5. The molecule has 0 aromatic heterocycles. The van der Waals surface area contributed by atoms with Gasteiger partial charge in [-0.1, -0.05) is 39.3 Å². The normalized spacial score (nSPS) is 54.5. The molecule has 0 aromatic rings. The first-order valence-electron chi connectivity index (χ1n) is 13.0. The molecule has 1 aliphatic heterocycles. The van der Waals surface area contributed by atoms with Gasteiger partial charge in [0, 0.05) is 6.04 Å². The Morgan fingerprint density at radius 1 is 1.03 bits per heavy atom. The van der Waals surface area contributed by atoms with Gasteiger partial charge in [0.1, 0.15) is 0 Å².